The molecule has 0 bridgehead atoms. The third-order valence-corrected chi connectivity index (χ3v) is 5.39. The average molecular weight is 330 g/mol. The Bertz CT molecular complexity index is 670. The van der Waals surface area contributed by atoms with E-state index in [1.54, 1.807) is 19.9 Å². The molecule has 1 N–H and O–H groups in total. The largest absolute Gasteiger partial charge is 0.349 e. The van der Waals surface area contributed by atoms with Crippen LogP contribution in [-0.4, -0.2) is 20.4 Å². The van der Waals surface area contributed by atoms with E-state index in [0.717, 1.165) is 24.8 Å². The summed E-state index contributed by atoms with van der Waals surface area (Å²) in [5.74, 6) is 0.332. The molecule has 1 aliphatic rings. The monoisotopic (exact) mass is 329 g/mol. The highest BCUT2D eigenvalue weighted by Crippen LogP contribution is 2.35. The zero-order chi connectivity index (χ0) is 15.8. The Kier molecular flexibility index (Phi) is 4.63. The molecular weight excluding hydrogens is 310 g/mol. The minimum atomic E-state index is -3.85. The molecule has 0 saturated heterocycles. The van der Waals surface area contributed by atoms with Crippen LogP contribution in [0.25, 0.3) is 0 Å². The van der Waals surface area contributed by atoms with E-state index in [2.05, 4.69) is 12.2 Å². The number of hydrogen-bond acceptors (Lipinski definition) is 3. The zero-order valence-corrected chi connectivity index (χ0v) is 14.0. The fraction of sp³-hybridized carbons (Fsp3) is 0.533. The quantitative estimate of drug-likeness (QED) is 0.844. The van der Waals surface area contributed by atoms with Crippen LogP contribution in [0.4, 0.5) is 0 Å². The SMILES string of the molecule is CCCC1CC1NC(=O)c1cc(S(=O)(=O)Cl)c(C)cc1C. The van der Waals surface area contributed by atoms with Gasteiger partial charge in [0.15, 0.2) is 0 Å². The molecule has 0 aliphatic heterocycles. The fourth-order valence-electron chi connectivity index (χ4n) is 2.70. The summed E-state index contributed by atoms with van der Waals surface area (Å²) in [7, 11) is 1.57. The highest BCUT2D eigenvalue weighted by atomic mass is 35.7. The van der Waals surface area contributed by atoms with E-state index < -0.39 is 9.05 Å². The molecule has 1 fully saturated rings. The minimum absolute atomic E-state index is 0.000761. The van der Waals surface area contributed by atoms with E-state index in [-0.39, 0.29) is 16.8 Å². The van der Waals surface area contributed by atoms with Gasteiger partial charge in [0.25, 0.3) is 15.0 Å². The lowest BCUT2D eigenvalue weighted by atomic mass is 10.0. The number of nitrogens with one attached hydrogen (secondary N) is 1. The van der Waals surface area contributed by atoms with Crippen LogP contribution >= 0.6 is 10.7 Å². The lowest BCUT2D eigenvalue weighted by molar-refractivity contribution is 0.0948. The first-order valence-electron chi connectivity index (χ1n) is 7.10. The molecule has 4 nitrogen and oxygen atoms in total. The lowest BCUT2D eigenvalue weighted by Crippen LogP contribution is -2.27. The van der Waals surface area contributed by atoms with Gasteiger partial charge in [-0.3, -0.25) is 4.79 Å². The van der Waals surface area contributed by atoms with Crippen molar-refractivity contribution < 1.29 is 13.2 Å². The van der Waals surface area contributed by atoms with Crippen LogP contribution in [0.3, 0.4) is 0 Å². The first kappa shape index (κ1) is 16.3. The van der Waals surface area contributed by atoms with Crippen LogP contribution in [0.2, 0.25) is 0 Å². The Morgan fingerprint density at radius 2 is 2.00 bits per heavy atom. The molecular formula is C15H20ClNO3S. The molecule has 2 atom stereocenters. The van der Waals surface area contributed by atoms with Gasteiger partial charge in [-0.1, -0.05) is 19.4 Å². The molecule has 2 unspecified atom stereocenters. The second kappa shape index (κ2) is 5.97. The number of aryl methyl sites for hydroxylation is 2. The van der Waals surface area contributed by atoms with Crippen molar-refractivity contribution in [2.45, 2.75) is 51.0 Å². The summed E-state index contributed by atoms with van der Waals surface area (Å²) in [5, 5.41) is 2.97. The Morgan fingerprint density at radius 3 is 2.57 bits per heavy atom. The summed E-state index contributed by atoms with van der Waals surface area (Å²) in [5.41, 5.74) is 1.68. The molecule has 2 rings (SSSR count). The molecule has 6 heteroatoms. The predicted molar refractivity (Wildman–Crippen MR) is 83.2 cm³/mol. The summed E-state index contributed by atoms with van der Waals surface area (Å²) >= 11 is 0. The Labute approximate surface area is 130 Å². The summed E-state index contributed by atoms with van der Waals surface area (Å²) in [6, 6.07) is 3.27. The van der Waals surface area contributed by atoms with Crippen LogP contribution in [0.5, 0.6) is 0 Å². The third kappa shape index (κ3) is 3.77. The molecule has 0 radical (unpaired) electrons. The molecule has 0 aromatic heterocycles. The number of amides is 1. The second-order valence-corrected chi connectivity index (χ2v) is 8.27. The van der Waals surface area contributed by atoms with Gasteiger partial charge < -0.3 is 5.32 Å². The maximum atomic E-state index is 12.3. The summed E-state index contributed by atoms with van der Waals surface area (Å²) in [6.45, 7) is 5.59. The van der Waals surface area contributed by atoms with Crippen molar-refractivity contribution >= 4 is 25.6 Å². The number of benzene rings is 1. The smallest absolute Gasteiger partial charge is 0.261 e. The average Bonchev–Trinajstić information content (AvgIpc) is 3.05. The molecule has 116 valence electrons. The van der Waals surface area contributed by atoms with E-state index in [1.807, 2.05) is 0 Å². The number of rotatable bonds is 5. The van der Waals surface area contributed by atoms with Gasteiger partial charge in [-0.15, -0.1) is 0 Å². The van der Waals surface area contributed by atoms with Crippen LogP contribution < -0.4 is 5.32 Å². The Hall–Kier alpha value is -1.07. The predicted octanol–water partition coefficient (Wildman–Crippen LogP) is 3.15. The van der Waals surface area contributed by atoms with Crippen LogP contribution in [0, 0.1) is 19.8 Å². The summed E-state index contributed by atoms with van der Waals surface area (Å²) in [6.07, 6.45) is 3.22. The van der Waals surface area contributed by atoms with Gasteiger partial charge in [-0.05, 0) is 49.8 Å². The normalized spacial score (nSPS) is 21.1. The van der Waals surface area contributed by atoms with Crippen LogP contribution in [0.1, 0.15) is 47.7 Å². The van der Waals surface area contributed by atoms with E-state index in [4.69, 9.17) is 10.7 Å². The maximum absolute atomic E-state index is 12.3. The highest BCUT2D eigenvalue weighted by Gasteiger charge is 2.37. The molecule has 1 saturated carbocycles. The van der Waals surface area contributed by atoms with E-state index in [0.29, 0.717) is 17.0 Å². The Balaban J connectivity index is 2.22. The van der Waals surface area contributed by atoms with Gasteiger partial charge >= 0.3 is 0 Å². The molecule has 0 heterocycles. The molecule has 1 aromatic carbocycles. The number of halogens is 1. The van der Waals surface area contributed by atoms with Crippen molar-refractivity contribution in [3.8, 4) is 0 Å². The van der Waals surface area contributed by atoms with Crippen LogP contribution in [0.15, 0.2) is 17.0 Å². The van der Waals surface area contributed by atoms with Crippen molar-refractivity contribution in [1.29, 1.82) is 0 Å². The lowest BCUT2D eigenvalue weighted by Gasteiger charge is -2.11. The molecule has 1 aliphatic carbocycles. The van der Waals surface area contributed by atoms with E-state index >= 15 is 0 Å². The first-order chi connectivity index (χ1) is 9.74. The van der Waals surface area contributed by atoms with Crippen molar-refractivity contribution in [1.82, 2.24) is 5.32 Å². The van der Waals surface area contributed by atoms with Gasteiger partial charge in [-0.25, -0.2) is 8.42 Å². The van der Waals surface area contributed by atoms with Crippen LogP contribution in [-0.2, 0) is 9.05 Å². The van der Waals surface area contributed by atoms with Crippen molar-refractivity contribution in [3.63, 3.8) is 0 Å². The number of carbonyl (C=O) groups is 1. The standard InChI is InChI=1S/C15H20ClNO3S/c1-4-5-11-7-13(11)17-15(18)12-8-14(21(16,19)20)10(3)6-9(12)2/h6,8,11,13H,4-5,7H2,1-3H3,(H,17,18). The van der Waals surface area contributed by atoms with Crippen molar-refractivity contribution in [3.05, 3.63) is 28.8 Å². The van der Waals surface area contributed by atoms with Gasteiger partial charge in [0.05, 0.1) is 4.90 Å². The first-order valence-corrected chi connectivity index (χ1v) is 9.41. The number of hydrogen-bond donors (Lipinski definition) is 1. The molecule has 21 heavy (non-hydrogen) atoms. The van der Waals surface area contributed by atoms with E-state index in [9.17, 15) is 13.2 Å². The van der Waals surface area contributed by atoms with Crippen molar-refractivity contribution in [2.75, 3.05) is 0 Å². The van der Waals surface area contributed by atoms with Crippen molar-refractivity contribution in [2.24, 2.45) is 5.92 Å². The topological polar surface area (TPSA) is 63.2 Å². The van der Waals surface area contributed by atoms with Gasteiger partial charge in [0, 0.05) is 22.3 Å². The Morgan fingerprint density at radius 1 is 1.33 bits per heavy atom. The highest BCUT2D eigenvalue weighted by molar-refractivity contribution is 8.13. The summed E-state index contributed by atoms with van der Waals surface area (Å²) < 4.78 is 23.1. The fourth-order valence-corrected chi connectivity index (χ4v) is 3.90. The molecule has 0 spiro atoms. The van der Waals surface area contributed by atoms with E-state index in [1.165, 1.54) is 6.07 Å². The molecule has 1 aromatic rings. The minimum Gasteiger partial charge on any atom is -0.349 e. The second-order valence-electron chi connectivity index (χ2n) is 5.73. The molecule has 1 amide bonds. The van der Waals surface area contributed by atoms with Gasteiger partial charge in [0.1, 0.15) is 0 Å². The summed E-state index contributed by atoms with van der Waals surface area (Å²) in [4.78, 5) is 12.3. The third-order valence-electron chi connectivity index (χ3n) is 3.93. The van der Waals surface area contributed by atoms with Gasteiger partial charge in [-0.2, -0.15) is 0 Å². The maximum Gasteiger partial charge on any atom is 0.261 e. The zero-order valence-electron chi connectivity index (χ0n) is 12.4. The number of carbonyl (C=O) groups excluding carboxylic acids is 1. The van der Waals surface area contributed by atoms with Gasteiger partial charge in [0.2, 0.25) is 0 Å².